The van der Waals surface area contributed by atoms with Crippen LogP contribution in [0, 0.1) is 0 Å². The van der Waals surface area contributed by atoms with Crippen molar-refractivity contribution in [2.75, 3.05) is 18.9 Å². The summed E-state index contributed by atoms with van der Waals surface area (Å²) in [4.78, 5) is 18.2. The number of benzene rings is 1. The van der Waals surface area contributed by atoms with Gasteiger partial charge in [0.2, 0.25) is 5.91 Å². The van der Waals surface area contributed by atoms with Crippen molar-refractivity contribution < 1.29 is 4.79 Å². The van der Waals surface area contributed by atoms with Crippen molar-refractivity contribution >= 4 is 27.5 Å². The molecule has 1 heterocycles. The molecule has 0 aliphatic heterocycles. The van der Waals surface area contributed by atoms with Gasteiger partial charge in [-0.1, -0.05) is 22.0 Å². The molecule has 0 bridgehead atoms. The zero-order valence-electron chi connectivity index (χ0n) is 12.1. The number of carbonyl (C=O) groups is 1. The number of rotatable bonds is 5. The molecular weight excluding hydrogens is 330 g/mol. The number of likely N-dealkylation sites (N-methyl/N-ethyl adjacent to an activating group) is 1. The fourth-order valence-corrected chi connectivity index (χ4v) is 2.17. The maximum Gasteiger partial charge on any atom is 0.242 e. The van der Waals surface area contributed by atoms with E-state index in [4.69, 9.17) is 0 Å². The number of amides is 1. The molecule has 0 aliphatic rings. The number of halogens is 1. The molecule has 1 amide bonds. The maximum atomic E-state index is 12.2. The van der Waals surface area contributed by atoms with Crippen molar-refractivity contribution in [3.8, 4) is 0 Å². The Morgan fingerprint density at radius 3 is 2.62 bits per heavy atom. The topological polar surface area (TPSA) is 45.2 Å². The molecule has 0 saturated carbocycles. The first kappa shape index (κ1) is 15.5. The summed E-state index contributed by atoms with van der Waals surface area (Å²) < 4.78 is 1.01. The van der Waals surface area contributed by atoms with E-state index in [9.17, 15) is 4.79 Å². The Bertz CT molecular complexity index is 586. The van der Waals surface area contributed by atoms with Crippen LogP contribution in [0.15, 0.2) is 53.1 Å². The Kier molecular flexibility index (Phi) is 5.33. The lowest BCUT2D eigenvalue weighted by Crippen LogP contribution is -2.34. The Hall–Kier alpha value is -1.88. The zero-order valence-corrected chi connectivity index (χ0v) is 13.7. The minimum absolute atomic E-state index is 0.0241. The standard InChI is InChI=1S/C16H18BrN3O/c1-12(15-5-3-4-10-18-15)20(2)16(21)11-19-14-8-6-13(17)7-9-14/h3-10,12,19H,11H2,1-2H3/t12-/m0/s1. The zero-order chi connectivity index (χ0) is 15.2. The molecule has 0 fully saturated rings. The van der Waals surface area contributed by atoms with Gasteiger partial charge in [-0.25, -0.2) is 0 Å². The summed E-state index contributed by atoms with van der Waals surface area (Å²) >= 11 is 3.38. The molecule has 1 atom stereocenters. The largest absolute Gasteiger partial charge is 0.376 e. The number of nitrogens with zero attached hydrogens (tertiary/aromatic N) is 2. The summed E-state index contributed by atoms with van der Waals surface area (Å²) in [6.07, 6.45) is 1.74. The molecule has 0 aliphatic carbocycles. The van der Waals surface area contributed by atoms with Crippen molar-refractivity contribution in [2.24, 2.45) is 0 Å². The van der Waals surface area contributed by atoms with Crippen molar-refractivity contribution in [1.82, 2.24) is 9.88 Å². The first-order chi connectivity index (χ1) is 10.1. The van der Waals surface area contributed by atoms with Gasteiger partial charge in [-0.15, -0.1) is 0 Å². The number of pyridine rings is 1. The SMILES string of the molecule is C[C@@H](c1ccccn1)N(C)C(=O)CNc1ccc(Br)cc1. The van der Waals surface area contributed by atoms with Crippen LogP contribution in [0.4, 0.5) is 5.69 Å². The minimum atomic E-state index is -0.0505. The van der Waals surface area contributed by atoms with Crippen LogP contribution in [-0.4, -0.2) is 29.4 Å². The van der Waals surface area contributed by atoms with E-state index < -0.39 is 0 Å². The third kappa shape index (κ3) is 4.29. The fraction of sp³-hybridized carbons (Fsp3) is 0.250. The number of carbonyl (C=O) groups excluding carboxylic acids is 1. The van der Waals surface area contributed by atoms with Gasteiger partial charge in [0, 0.05) is 23.4 Å². The molecule has 0 unspecified atom stereocenters. The fourth-order valence-electron chi connectivity index (χ4n) is 1.91. The van der Waals surface area contributed by atoms with E-state index >= 15 is 0 Å². The van der Waals surface area contributed by atoms with E-state index in [1.54, 1.807) is 18.1 Å². The molecule has 2 aromatic rings. The summed E-state index contributed by atoms with van der Waals surface area (Å²) in [7, 11) is 1.80. The van der Waals surface area contributed by atoms with Gasteiger partial charge in [0.25, 0.3) is 0 Å². The maximum absolute atomic E-state index is 12.2. The molecule has 0 radical (unpaired) electrons. The van der Waals surface area contributed by atoms with Gasteiger partial charge in [0.05, 0.1) is 18.3 Å². The lowest BCUT2D eigenvalue weighted by atomic mass is 10.2. The first-order valence-electron chi connectivity index (χ1n) is 6.74. The Labute approximate surface area is 133 Å². The van der Waals surface area contributed by atoms with E-state index in [-0.39, 0.29) is 18.5 Å². The number of anilines is 1. The van der Waals surface area contributed by atoms with Gasteiger partial charge >= 0.3 is 0 Å². The predicted octanol–water partition coefficient (Wildman–Crippen LogP) is 3.48. The van der Waals surface area contributed by atoms with Gasteiger partial charge in [0.15, 0.2) is 0 Å². The highest BCUT2D eigenvalue weighted by Crippen LogP contribution is 2.17. The van der Waals surface area contributed by atoms with Crippen LogP contribution in [0.5, 0.6) is 0 Å². The van der Waals surface area contributed by atoms with E-state index in [2.05, 4.69) is 26.2 Å². The predicted molar refractivity (Wildman–Crippen MR) is 88.1 cm³/mol. The summed E-state index contributed by atoms with van der Waals surface area (Å²) in [5, 5.41) is 3.13. The molecule has 1 N–H and O–H groups in total. The molecule has 1 aromatic carbocycles. The third-order valence-electron chi connectivity index (χ3n) is 3.38. The van der Waals surface area contributed by atoms with E-state index in [0.717, 1.165) is 15.9 Å². The van der Waals surface area contributed by atoms with Crippen LogP contribution in [0.2, 0.25) is 0 Å². The van der Waals surface area contributed by atoms with Crippen LogP contribution in [0.25, 0.3) is 0 Å². The van der Waals surface area contributed by atoms with Gasteiger partial charge in [0.1, 0.15) is 0 Å². The normalized spacial score (nSPS) is 11.8. The summed E-state index contributed by atoms with van der Waals surface area (Å²) in [6, 6.07) is 13.4. The molecule has 21 heavy (non-hydrogen) atoms. The highest BCUT2D eigenvalue weighted by molar-refractivity contribution is 9.10. The van der Waals surface area contributed by atoms with Crippen molar-refractivity contribution in [1.29, 1.82) is 0 Å². The molecule has 4 nitrogen and oxygen atoms in total. The van der Waals surface area contributed by atoms with E-state index in [1.165, 1.54) is 0 Å². The second-order valence-electron chi connectivity index (χ2n) is 4.80. The monoisotopic (exact) mass is 347 g/mol. The van der Waals surface area contributed by atoms with Crippen molar-refractivity contribution in [3.05, 3.63) is 58.8 Å². The van der Waals surface area contributed by atoms with E-state index in [0.29, 0.717) is 0 Å². The Morgan fingerprint density at radius 1 is 1.29 bits per heavy atom. The highest BCUT2D eigenvalue weighted by atomic mass is 79.9. The van der Waals surface area contributed by atoms with Gasteiger partial charge in [-0.3, -0.25) is 9.78 Å². The molecular formula is C16H18BrN3O. The summed E-state index contributed by atoms with van der Waals surface area (Å²) in [5.74, 6) is 0.0241. The Balaban J connectivity index is 1.92. The number of nitrogens with one attached hydrogen (secondary N) is 1. The lowest BCUT2D eigenvalue weighted by Gasteiger charge is -2.24. The second kappa shape index (κ2) is 7.22. The van der Waals surface area contributed by atoms with Crippen LogP contribution >= 0.6 is 15.9 Å². The Morgan fingerprint density at radius 2 is 2.00 bits per heavy atom. The van der Waals surface area contributed by atoms with Crippen LogP contribution < -0.4 is 5.32 Å². The smallest absolute Gasteiger partial charge is 0.242 e. The van der Waals surface area contributed by atoms with E-state index in [1.807, 2.05) is 49.4 Å². The molecule has 110 valence electrons. The van der Waals surface area contributed by atoms with Crippen molar-refractivity contribution in [2.45, 2.75) is 13.0 Å². The third-order valence-corrected chi connectivity index (χ3v) is 3.91. The minimum Gasteiger partial charge on any atom is -0.376 e. The number of hydrogen-bond donors (Lipinski definition) is 1. The first-order valence-corrected chi connectivity index (χ1v) is 7.53. The van der Waals surface area contributed by atoms with Gasteiger partial charge in [-0.05, 0) is 43.3 Å². The molecule has 0 saturated heterocycles. The second-order valence-corrected chi connectivity index (χ2v) is 5.71. The summed E-state index contributed by atoms with van der Waals surface area (Å²) in [6.45, 7) is 2.23. The highest BCUT2D eigenvalue weighted by Gasteiger charge is 2.17. The van der Waals surface area contributed by atoms with Crippen molar-refractivity contribution in [3.63, 3.8) is 0 Å². The number of hydrogen-bond acceptors (Lipinski definition) is 3. The van der Waals surface area contributed by atoms with Crippen LogP contribution in [0.3, 0.4) is 0 Å². The number of aromatic nitrogens is 1. The molecule has 2 rings (SSSR count). The van der Waals surface area contributed by atoms with Gasteiger partial charge in [-0.2, -0.15) is 0 Å². The average molecular weight is 348 g/mol. The molecule has 0 spiro atoms. The van der Waals surface area contributed by atoms with Crippen LogP contribution in [0.1, 0.15) is 18.7 Å². The molecule has 1 aromatic heterocycles. The average Bonchev–Trinajstić information content (AvgIpc) is 2.53. The van der Waals surface area contributed by atoms with Crippen LogP contribution in [-0.2, 0) is 4.79 Å². The quantitative estimate of drug-likeness (QED) is 0.900. The lowest BCUT2D eigenvalue weighted by molar-refractivity contribution is -0.129. The molecule has 5 heteroatoms. The van der Waals surface area contributed by atoms with Gasteiger partial charge < -0.3 is 10.2 Å². The summed E-state index contributed by atoms with van der Waals surface area (Å²) in [5.41, 5.74) is 1.81.